The average molecular weight is 332 g/mol. The summed E-state index contributed by atoms with van der Waals surface area (Å²) in [5.74, 6) is 6.19. The van der Waals surface area contributed by atoms with Crippen LogP contribution in [0.4, 0.5) is 0 Å². The van der Waals surface area contributed by atoms with E-state index in [4.69, 9.17) is 4.74 Å². The second-order valence-electron chi connectivity index (χ2n) is 3.32. The molecule has 1 rings (SSSR count). The first-order valence-electron chi connectivity index (χ1n) is 5.35. The molecule has 0 radical (unpaired) electrons. The van der Waals surface area contributed by atoms with E-state index in [0.717, 1.165) is 4.47 Å². The summed E-state index contributed by atoms with van der Waals surface area (Å²) in [6, 6.07) is 7.42. The summed E-state index contributed by atoms with van der Waals surface area (Å²) in [5, 5.41) is 0. The molecule has 4 nitrogen and oxygen atoms in total. The standard InChI is InChI=1S/C12H14BrNO3S/c1-2-18(15,16)14-8-3-4-9-17-12-7-5-6-11(13)10-12/h5-7,10,14H,2,8-9H2,1H3. The predicted molar refractivity (Wildman–Crippen MR) is 74.9 cm³/mol. The third-order valence-electron chi connectivity index (χ3n) is 1.99. The summed E-state index contributed by atoms with van der Waals surface area (Å²) in [5.41, 5.74) is 0. The molecule has 0 aliphatic rings. The van der Waals surface area contributed by atoms with Gasteiger partial charge in [-0.3, -0.25) is 0 Å². The molecule has 0 saturated carbocycles. The molecule has 0 aliphatic heterocycles. The number of benzene rings is 1. The van der Waals surface area contributed by atoms with Crippen molar-refractivity contribution in [2.24, 2.45) is 0 Å². The number of rotatable bonds is 5. The average Bonchev–Trinajstić information content (AvgIpc) is 2.34. The molecular formula is C12H14BrNO3S. The molecule has 18 heavy (non-hydrogen) atoms. The molecular weight excluding hydrogens is 318 g/mol. The normalized spacial score (nSPS) is 10.6. The Bertz CT molecular complexity index is 546. The fourth-order valence-electron chi connectivity index (χ4n) is 1.04. The van der Waals surface area contributed by atoms with Crippen LogP contribution in [0.15, 0.2) is 28.7 Å². The second-order valence-corrected chi connectivity index (χ2v) is 6.34. The lowest BCUT2D eigenvalue weighted by atomic mass is 10.3. The van der Waals surface area contributed by atoms with E-state index < -0.39 is 10.0 Å². The molecule has 0 unspecified atom stereocenters. The molecule has 0 saturated heterocycles. The van der Waals surface area contributed by atoms with Gasteiger partial charge in [0.2, 0.25) is 10.0 Å². The number of halogens is 1. The highest BCUT2D eigenvalue weighted by molar-refractivity contribution is 9.10. The maximum absolute atomic E-state index is 11.1. The van der Waals surface area contributed by atoms with Gasteiger partial charge in [-0.1, -0.05) is 33.8 Å². The minimum absolute atomic E-state index is 0.0588. The number of hydrogen-bond acceptors (Lipinski definition) is 3. The third-order valence-corrected chi connectivity index (χ3v) is 3.83. The first kappa shape index (κ1) is 15.0. The van der Waals surface area contributed by atoms with E-state index in [1.165, 1.54) is 0 Å². The van der Waals surface area contributed by atoms with Crippen molar-refractivity contribution in [2.75, 3.05) is 18.9 Å². The molecule has 0 amide bonds. The van der Waals surface area contributed by atoms with Crippen molar-refractivity contribution in [3.05, 3.63) is 28.7 Å². The smallest absolute Gasteiger partial charge is 0.212 e. The Balaban J connectivity index is 2.31. The molecule has 0 heterocycles. The topological polar surface area (TPSA) is 55.4 Å². The highest BCUT2D eigenvalue weighted by Crippen LogP contribution is 2.17. The van der Waals surface area contributed by atoms with Gasteiger partial charge in [-0.2, -0.15) is 0 Å². The van der Waals surface area contributed by atoms with Crippen molar-refractivity contribution in [1.29, 1.82) is 0 Å². The van der Waals surface area contributed by atoms with Crippen molar-refractivity contribution in [1.82, 2.24) is 4.72 Å². The van der Waals surface area contributed by atoms with Crippen LogP contribution < -0.4 is 9.46 Å². The van der Waals surface area contributed by atoms with Crippen LogP contribution in [0.3, 0.4) is 0 Å². The van der Waals surface area contributed by atoms with Gasteiger partial charge in [0.15, 0.2) is 0 Å². The summed E-state index contributed by atoms with van der Waals surface area (Å²) >= 11 is 3.33. The highest BCUT2D eigenvalue weighted by Gasteiger charge is 2.02. The van der Waals surface area contributed by atoms with Crippen LogP contribution in [-0.2, 0) is 10.0 Å². The maximum Gasteiger partial charge on any atom is 0.212 e. The lowest BCUT2D eigenvalue weighted by Gasteiger charge is -2.01. The van der Waals surface area contributed by atoms with Crippen LogP contribution in [0, 0.1) is 11.8 Å². The molecule has 0 bridgehead atoms. The van der Waals surface area contributed by atoms with Gasteiger partial charge < -0.3 is 4.74 Å². The minimum Gasteiger partial charge on any atom is -0.481 e. The maximum atomic E-state index is 11.1. The van der Waals surface area contributed by atoms with E-state index in [-0.39, 0.29) is 18.9 Å². The Hall–Kier alpha value is -1.03. The quantitative estimate of drug-likeness (QED) is 0.836. The van der Waals surface area contributed by atoms with Gasteiger partial charge in [0.1, 0.15) is 12.4 Å². The zero-order valence-electron chi connectivity index (χ0n) is 9.94. The van der Waals surface area contributed by atoms with E-state index >= 15 is 0 Å². The third kappa shape index (κ3) is 6.05. The van der Waals surface area contributed by atoms with Crippen LogP contribution in [0.25, 0.3) is 0 Å². The molecule has 1 N–H and O–H groups in total. The lowest BCUT2D eigenvalue weighted by molar-refractivity contribution is 0.370. The molecule has 1 aromatic rings. The minimum atomic E-state index is -3.16. The molecule has 0 spiro atoms. The van der Waals surface area contributed by atoms with Gasteiger partial charge in [0.25, 0.3) is 0 Å². The number of nitrogens with one attached hydrogen (secondary N) is 1. The van der Waals surface area contributed by atoms with Crippen molar-refractivity contribution in [2.45, 2.75) is 6.92 Å². The fourth-order valence-corrected chi connectivity index (χ4v) is 1.91. The van der Waals surface area contributed by atoms with Crippen molar-refractivity contribution < 1.29 is 13.2 Å². The van der Waals surface area contributed by atoms with Gasteiger partial charge in [0, 0.05) is 4.47 Å². The first-order valence-corrected chi connectivity index (χ1v) is 7.79. The van der Waals surface area contributed by atoms with E-state index in [9.17, 15) is 8.42 Å². The van der Waals surface area contributed by atoms with Gasteiger partial charge in [-0.15, -0.1) is 0 Å². The number of ether oxygens (including phenoxy) is 1. The Kier molecular flexibility index (Phi) is 6.19. The van der Waals surface area contributed by atoms with Crippen LogP contribution in [0.1, 0.15) is 6.92 Å². The zero-order valence-corrected chi connectivity index (χ0v) is 12.3. The monoisotopic (exact) mass is 331 g/mol. The Morgan fingerprint density at radius 1 is 1.39 bits per heavy atom. The van der Waals surface area contributed by atoms with Crippen molar-refractivity contribution in [3.8, 4) is 17.6 Å². The molecule has 1 aromatic carbocycles. The highest BCUT2D eigenvalue weighted by atomic mass is 79.9. The van der Waals surface area contributed by atoms with E-state index in [1.807, 2.05) is 24.3 Å². The predicted octanol–water partition coefficient (Wildman–Crippen LogP) is 1.77. The largest absolute Gasteiger partial charge is 0.481 e. The Labute approximate surface area is 116 Å². The van der Waals surface area contributed by atoms with E-state index in [1.54, 1.807) is 6.92 Å². The van der Waals surface area contributed by atoms with Crippen molar-refractivity contribution in [3.63, 3.8) is 0 Å². The van der Waals surface area contributed by atoms with Crippen LogP contribution >= 0.6 is 15.9 Å². The molecule has 98 valence electrons. The summed E-state index contributed by atoms with van der Waals surface area (Å²) in [4.78, 5) is 0. The summed E-state index contributed by atoms with van der Waals surface area (Å²) in [6.45, 7) is 1.91. The summed E-state index contributed by atoms with van der Waals surface area (Å²) in [6.07, 6.45) is 0. The Morgan fingerprint density at radius 3 is 2.83 bits per heavy atom. The van der Waals surface area contributed by atoms with Gasteiger partial charge >= 0.3 is 0 Å². The van der Waals surface area contributed by atoms with Crippen LogP contribution in [0.2, 0.25) is 0 Å². The zero-order chi connectivity index (χ0) is 13.4. The van der Waals surface area contributed by atoms with Gasteiger partial charge in [-0.05, 0) is 25.1 Å². The number of hydrogen-bond donors (Lipinski definition) is 1. The van der Waals surface area contributed by atoms with Gasteiger partial charge in [0.05, 0.1) is 12.3 Å². The van der Waals surface area contributed by atoms with Gasteiger partial charge in [-0.25, -0.2) is 13.1 Å². The second kappa shape index (κ2) is 7.41. The molecule has 0 atom stereocenters. The Morgan fingerprint density at radius 2 is 2.17 bits per heavy atom. The summed E-state index contributed by atoms with van der Waals surface area (Å²) < 4.78 is 30.8. The van der Waals surface area contributed by atoms with Crippen LogP contribution in [0.5, 0.6) is 5.75 Å². The molecule has 6 heteroatoms. The first-order chi connectivity index (χ1) is 8.53. The van der Waals surface area contributed by atoms with Crippen LogP contribution in [-0.4, -0.2) is 27.3 Å². The van der Waals surface area contributed by atoms with E-state index in [0.29, 0.717) is 5.75 Å². The SMILES string of the molecule is CCS(=O)(=O)NCC#CCOc1cccc(Br)c1. The van der Waals surface area contributed by atoms with E-state index in [2.05, 4.69) is 32.5 Å². The van der Waals surface area contributed by atoms with Crippen molar-refractivity contribution >= 4 is 26.0 Å². The molecule has 0 aromatic heterocycles. The lowest BCUT2D eigenvalue weighted by Crippen LogP contribution is -2.25. The fraction of sp³-hybridized carbons (Fsp3) is 0.333. The number of sulfonamides is 1. The molecule has 0 fully saturated rings. The molecule has 0 aliphatic carbocycles. The summed E-state index contributed by atoms with van der Waals surface area (Å²) in [7, 11) is -3.16.